The molecule has 0 unspecified atom stereocenters. The highest BCUT2D eigenvalue weighted by atomic mass is 32.2. The van der Waals surface area contributed by atoms with Crippen LogP contribution >= 0.6 is 0 Å². The van der Waals surface area contributed by atoms with Gasteiger partial charge in [0.25, 0.3) is 0 Å². The van der Waals surface area contributed by atoms with Crippen molar-refractivity contribution in [1.29, 1.82) is 0 Å². The molecule has 2 saturated heterocycles. The van der Waals surface area contributed by atoms with Gasteiger partial charge in [0, 0.05) is 38.8 Å². The van der Waals surface area contributed by atoms with Crippen LogP contribution in [0.15, 0.2) is 59.5 Å². The number of piperidine rings is 1. The minimum absolute atomic E-state index is 0.0651. The van der Waals surface area contributed by atoms with E-state index in [0.29, 0.717) is 43.9 Å². The van der Waals surface area contributed by atoms with Crippen molar-refractivity contribution in [3.8, 4) is 0 Å². The van der Waals surface area contributed by atoms with E-state index < -0.39 is 10.0 Å². The zero-order valence-corrected chi connectivity index (χ0v) is 18.2. The number of hydrogen-bond acceptors (Lipinski definition) is 3. The van der Waals surface area contributed by atoms with Crippen molar-refractivity contribution in [2.75, 3.05) is 26.2 Å². The second-order valence-electron chi connectivity index (χ2n) is 8.02. The van der Waals surface area contributed by atoms with Crippen LogP contribution in [0.1, 0.15) is 30.9 Å². The highest BCUT2D eigenvalue weighted by Crippen LogP contribution is 2.26. The first kappa shape index (κ1) is 20.9. The summed E-state index contributed by atoms with van der Waals surface area (Å²) in [5, 5.41) is 0. The van der Waals surface area contributed by atoms with Crippen LogP contribution in [0.5, 0.6) is 0 Å². The van der Waals surface area contributed by atoms with E-state index in [4.69, 9.17) is 0 Å². The molecular formula is C23H29N3O3S. The molecule has 0 radical (unpaired) electrons. The SMILES string of the molecule is CCc1ccc(S(=O)(=O)N2CCC(N3CCN(Cc4ccccc4)C3=O)CC2)cc1. The Morgan fingerprint density at radius 2 is 1.53 bits per heavy atom. The van der Waals surface area contributed by atoms with E-state index in [2.05, 4.69) is 6.92 Å². The van der Waals surface area contributed by atoms with Crippen LogP contribution in [-0.4, -0.2) is 60.8 Å². The van der Waals surface area contributed by atoms with Crippen molar-refractivity contribution in [3.63, 3.8) is 0 Å². The summed E-state index contributed by atoms with van der Waals surface area (Å²) >= 11 is 0. The molecule has 0 bridgehead atoms. The van der Waals surface area contributed by atoms with Crippen LogP contribution in [0.4, 0.5) is 4.79 Å². The smallest absolute Gasteiger partial charge is 0.320 e. The Labute approximate surface area is 179 Å². The van der Waals surface area contributed by atoms with Crippen LogP contribution in [0.25, 0.3) is 0 Å². The molecule has 6 nitrogen and oxygen atoms in total. The molecule has 2 aromatic carbocycles. The van der Waals surface area contributed by atoms with Crippen molar-refractivity contribution in [1.82, 2.24) is 14.1 Å². The number of benzene rings is 2. The van der Waals surface area contributed by atoms with E-state index in [-0.39, 0.29) is 12.1 Å². The van der Waals surface area contributed by atoms with E-state index in [9.17, 15) is 13.2 Å². The van der Waals surface area contributed by atoms with Crippen molar-refractivity contribution in [2.24, 2.45) is 0 Å². The zero-order chi connectivity index (χ0) is 21.1. The highest BCUT2D eigenvalue weighted by molar-refractivity contribution is 7.89. The maximum absolute atomic E-state index is 13.0. The summed E-state index contributed by atoms with van der Waals surface area (Å²) < 4.78 is 27.5. The molecule has 0 N–H and O–H groups in total. The van der Waals surface area contributed by atoms with Gasteiger partial charge < -0.3 is 9.80 Å². The Morgan fingerprint density at radius 3 is 2.17 bits per heavy atom. The number of urea groups is 1. The standard InChI is InChI=1S/C23H29N3O3S/c1-2-19-8-10-22(11-9-19)30(28,29)25-14-12-21(13-15-25)26-17-16-24(23(26)27)18-20-6-4-3-5-7-20/h3-11,21H,2,12-18H2,1H3. The van der Waals surface area contributed by atoms with Crippen LogP contribution in [0.3, 0.4) is 0 Å². The topological polar surface area (TPSA) is 60.9 Å². The van der Waals surface area contributed by atoms with Gasteiger partial charge in [0.15, 0.2) is 0 Å². The van der Waals surface area contributed by atoms with Crippen molar-refractivity contribution < 1.29 is 13.2 Å². The lowest BCUT2D eigenvalue weighted by molar-refractivity contribution is 0.153. The second-order valence-corrected chi connectivity index (χ2v) is 9.95. The molecule has 2 heterocycles. The highest BCUT2D eigenvalue weighted by Gasteiger charge is 2.37. The maximum atomic E-state index is 13.0. The number of aryl methyl sites for hydroxylation is 1. The third-order valence-electron chi connectivity index (χ3n) is 6.18. The fraction of sp³-hybridized carbons (Fsp3) is 0.435. The van der Waals surface area contributed by atoms with Crippen LogP contribution in [0, 0.1) is 0 Å². The summed E-state index contributed by atoms with van der Waals surface area (Å²) in [5.74, 6) is 0. The lowest BCUT2D eigenvalue weighted by Crippen LogP contribution is -2.47. The minimum Gasteiger partial charge on any atom is -0.320 e. The van der Waals surface area contributed by atoms with Gasteiger partial charge >= 0.3 is 6.03 Å². The summed E-state index contributed by atoms with van der Waals surface area (Å²) in [7, 11) is -3.48. The fourth-order valence-corrected chi connectivity index (χ4v) is 5.80. The lowest BCUT2D eigenvalue weighted by Gasteiger charge is -2.35. The average Bonchev–Trinajstić information content (AvgIpc) is 3.14. The molecule has 2 amide bonds. The van der Waals surface area contributed by atoms with Gasteiger partial charge in [0.05, 0.1) is 4.90 Å². The summed E-state index contributed by atoms with van der Waals surface area (Å²) in [4.78, 5) is 17.1. The molecule has 0 saturated carbocycles. The maximum Gasteiger partial charge on any atom is 0.320 e. The van der Waals surface area contributed by atoms with Crippen LogP contribution in [-0.2, 0) is 23.0 Å². The van der Waals surface area contributed by atoms with Gasteiger partial charge in [-0.3, -0.25) is 0 Å². The molecule has 0 aromatic heterocycles. The first-order valence-electron chi connectivity index (χ1n) is 10.7. The van der Waals surface area contributed by atoms with Gasteiger partial charge in [-0.1, -0.05) is 49.4 Å². The summed E-state index contributed by atoms with van der Waals surface area (Å²) in [6.07, 6.45) is 2.24. The quantitative estimate of drug-likeness (QED) is 0.710. The van der Waals surface area contributed by atoms with Gasteiger partial charge in [0.2, 0.25) is 10.0 Å². The molecule has 0 spiro atoms. The Balaban J connectivity index is 1.35. The molecule has 160 valence electrons. The number of carbonyl (C=O) groups excluding carboxylic acids is 1. The largest absolute Gasteiger partial charge is 0.320 e. The van der Waals surface area contributed by atoms with Gasteiger partial charge in [0.1, 0.15) is 0 Å². The van der Waals surface area contributed by atoms with Crippen molar-refractivity contribution >= 4 is 16.1 Å². The number of amides is 2. The summed E-state index contributed by atoms with van der Waals surface area (Å²) in [6, 6.07) is 17.3. The van der Waals surface area contributed by atoms with Crippen molar-refractivity contribution in [3.05, 3.63) is 65.7 Å². The molecule has 7 heteroatoms. The van der Waals surface area contributed by atoms with Crippen molar-refractivity contribution in [2.45, 2.75) is 43.7 Å². The predicted molar refractivity (Wildman–Crippen MR) is 117 cm³/mol. The first-order chi connectivity index (χ1) is 14.5. The first-order valence-corrected chi connectivity index (χ1v) is 12.1. The Hall–Kier alpha value is -2.38. The molecule has 4 rings (SSSR count). The Kier molecular flexibility index (Phi) is 6.11. The monoisotopic (exact) mass is 427 g/mol. The van der Waals surface area contributed by atoms with E-state index in [1.807, 2.05) is 52.3 Å². The molecule has 2 fully saturated rings. The predicted octanol–water partition coefficient (Wildman–Crippen LogP) is 3.34. The zero-order valence-electron chi connectivity index (χ0n) is 17.4. The van der Waals surface area contributed by atoms with Gasteiger partial charge in [-0.05, 0) is 42.5 Å². The van der Waals surface area contributed by atoms with Crippen LogP contribution in [0.2, 0.25) is 0 Å². The number of hydrogen-bond donors (Lipinski definition) is 0. The molecule has 0 atom stereocenters. The lowest BCUT2D eigenvalue weighted by atomic mass is 10.1. The van der Waals surface area contributed by atoms with Gasteiger partial charge in [-0.25, -0.2) is 13.2 Å². The fourth-order valence-electron chi connectivity index (χ4n) is 4.33. The summed E-state index contributed by atoms with van der Waals surface area (Å²) in [5.41, 5.74) is 2.25. The van der Waals surface area contributed by atoms with E-state index in [0.717, 1.165) is 24.1 Å². The molecule has 0 aliphatic carbocycles. The molecule has 2 aliphatic heterocycles. The van der Waals surface area contributed by atoms with Crippen LogP contribution < -0.4 is 0 Å². The van der Waals surface area contributed by atoms with E-state index in [1.54, 1.807) is 16.4 Å². The number of carbonyl (C=O) groups is 1. The molecule has 30 heavy (non-hydrogen) atoms. The van der Waals surface area contributed by atoms with Gasteiger partial charge in [-0.15, -0.1) is 0 Å². The number of rotatable bonds is 6. The average molecular weight is 428 g/mol. The van der Waals surface area contributed by atoms with Gasteiger partial charge in [-0.2, -0.15) is 4.31 Å². The number of sulfonamides is 1. The Bertz CT molecular complexity index is 969. The summed E-state index contributed by atoms with van der Waals surface area (Å²) in [6.45, 7) is 5.00. The van der Waals surface area contributed by atoms with E-state index >= 15 is 0 Å². The van der Waals surface area contributed by atoms with E-state index in [1.165, 1.54) is 0 Å². The normalized spacial score (nSPS) is 18.9. The third-order valence-corrected chi connectivity index (χ3v) is 8.09. The number of nitrogens with zero attached hydrogens (tertiary/aromatic N) is 3. The minimum atomic E-state index is -3.48. The Morgan fingerprint density at radius 1 is 0.867 bits per heavy atom. The third kappa shape index (κ3) is 4.23. The molecule has 2 aliphatic rings. The molecule has 2 aromatic rings. The second kappa shape index (κ2) is 8.78. The molecular weight excluding hydrogens is 398 g/mol.